The highest BCUT2D eigenvalue weighted by molar-refractivity contribution is 7.53. The molecule has 0 N–H and O–H groups in total. The minimum atomic E-state index is -4.17. The number of methoxy groups -OCH3 is 1. The van der Waals surface area contributed by atoms with Gasteiger partial charge in [-0.05, 0) is 62.2 Å². The van der Waals surface area contributed by atoms with Crippen molar-refractivity contribution in [2.24, 2.45) is 5.92 Å². The lowest BCUT2D eigenvalue weighted by Gasteiger charge is -2.23. The molecule has 0 saturated heterocycles. The van der Waals surface area contributed by atoms with Gasteiger partial charge in [-0.15, -0.1) is 0 Å². The number of hydrogen-bond donors (Lipinski definition) is 0. The monoisotopic (exact) mass is 495 g/mol. The summed E-state index contributed by atoms with van der Waals surface area (Å²) in [6.45, 7) is 4.23. The first-order valence-corrected chi connectivity index (χ1v) is 13.5. The lowest BCUT2D eigenvalue weighted by atomic mass is 10.0. The topological polar surface area (TPSA) is 57.2 Å². The maximum atomic E-state index is 14.2. The number of nitrogens with zero attached hydrogens (tertiary/aromatic N) is 1. The normalized spacial score (nSPS) is 15.0. The second-order valence-electron chi connectivity index (χ2n) is 8.85. The van der Waals surface area contributed by atoms with Crippen LogP contribution in [0.1, 0.15) is 31.4 Å². The van der Waals surface area contributed by atoms with E-state index in [1.807, 2.05) is 69.2 Å². The van der Waals surface area contributed by atoms with Crippen LogP contribution in [0, 0.1) is 5.92 Å². The van der Waals surface area contributed by atoms with E-state index in [1.165, 1.54) is 5.56 Å². The lowest BCUT2D eigenvalue weighted by Crippen LogP contribution is -2.34. The number of likely N-dealkylation sites (N-methyl/N-ethyl adjacent to an activating group) is 1. The Morgan fingerprint density at radius 1 is 1.09 bits per heavy atom. The molecule has 0 fully saturated rings. The number of halogens is 1. The highest BCUT2D eigenvalue weighted by Crippen LogP contribution is 2.50. The molecule has 3 atom stereocenters. The largest absolute Gasteiger partial charge is 0.497 e. The van der Waals surface area contributed by atoms with Crippen LogP contribution < -0.4 is 9.47 Å². The van der Waals surface area contributed by atoms with Gasteiger partial charge in [0.05, 0.1) is 13.3 Å². The van der Waals surface area contributed by atoms with Crippen molar-refractivity contribution in [3.8, 4) is 11.5 Å². The number of rotatable bonds is 16. The fraction of sp³-hybridized carbons (Fsp3) is 0.538. The van der Waals surface area contributed by atoms with E-state index in [2.05, 4.69) is 12.1 Å². The molecule has 0 aliphatic rings. The van der Waals surface area contributed by atoms with E-state index in [9.17, 15) is 8.76 Å². The van der Waals surface area contributed by atoms with Crippen LogP contribution in [-0.4, -0.2) is 58.3 Å². The predicted octanol–water partition coefficient (Wildman–Crippen LogP) is 5.99. The van der Waals surface area contributed by atoms with Gasteiger partial charge in [-0.1, -0.05) is 50.6 Å². The Labute approximate surface area is 203 Å². The van der Waals surface area contributed by atoms with E-state index in [-0.39, 0.29) is 31.6 Å². The van der Waals surface area contributed by atoms with E-state index in [1.54, 1.807) is 7.11 Å². The third-order valence-electron chi connectivity index (χ3n) is 5.56. The first-order valence-electron chi connectivity index (χ1n) is 11.8. The molecule has 2 aromatic rings. The second kappa shape index (κ2) is 14.5. The van der Waals surface area contributed by atoms with Gasteiger partial charge in [0.15, 0.2) is 6.79 Å². The van der Waals surface area contributed by atoms with Crippen LogP contribution in [0.25, 0.3) is 0 Å². The maximum Gasteiger partial charge on any atom is 0.369 e. The molecule has 190 valence electrons. The Bertz CT molecular complexity index is 910. The van der Waals surface area contributed by atoms with Gasteiger partial charge in [0.25, 0.3) is 0 Å². The predicted molar refractivity (Wildman–Crippen MR) is 135 cm³/mol. The minimum Gasteiger partial charge on any atom is -0.497 e. The number of para-hydroxylation sites is 1. The van der Waals surface area contributed by atoms with Crippen LogP contribution >= 0.6 is 7.68 Å². The lowest BCUT2D eigenvalue weighted by molar-refractivity contribution is -0.0618. The summed E-state index contributed by atoms with van der Waals surface area (Å²) in [5.74, 6) is 1.62. The van der Waals surface area contributed by atoms with Crippen LogP contribution in [0.3, 0.4) is 0 Å². The summed E-state index contributed by atoms with van der Waals surface area (Å²) < 4.78 is 48.3. The minimum absolute atomic E-state index is 0.00906. The Balaban J connectivity index is 1.93. The third kappa shape index (κ3) is 10.6. The van der Waals surface area contributed by atoms with Crippen molar-refractivity contribution < 1.29 is 27.5 Å². The second-order valence-corrected chi connectivity index (χ2v) is 10.7. The molecule has 2 rings (SSSR count). The van der Waals surface area contributed by atoms with Crippen LogP contribution in [0.4, 0.5) is 4.20 Å². The van der Waals surface area contributed by atoms with E-state index < -0.39 is 7.68 Å². The van der Waals surface area contributed by atoms with Gasteiger partial charge in [0.1, 0.15) is 24.2 Å². The van der Waals surface area contributed by atoms with E-state index in [0.717, 1.165) is 36.3 Å². The van der Waals surface area contributed by atoms with Crippen molar-refractivity contribution in [3.05, 3.63) is 59.7 Å². The summed E-state index contributed by atoms with van der Waals surface area (Å²) >= 11 is 0. The Morgan fingerprint density at radius 3 is 2.56 bits per heavy atom. The number of ether oxygens (including phenoxy) is 3. The molecule has 8 heteroatoms. The zero-order valence-electron chi connectivity index (χ0n) is 21.0. The zero-order valence-corrected chi connectivity index (χ0v) is 21.9. The zero-order chi connectivity index (χ0) is 25.0. The average Bonchev–Trinajstić information content (AvgIpc) is 2.81. The van der Waals surface area contributed by atoms with Gasteiger partial charge in [-0.2, -0.15) is 4.20 Å². The van der Waals surface area contributed by atoms with E-state index in [4.69, 9.17) is 18.7 Å². The quantitative estimate of drug-likeness (QED) is 0.211. The van der Waals surface area contributed by atoms with Crippen LogP contribution in [0.2, 0.25) is 0 Å². The summed E-state index contributed by atoms with van der Waals surface area (Å²) in [7, 11) is 1.33. The van der Waals surface area contributed by atoms with Gasteiger partial charge in [0, 0.05) is 6.54 Å². The molecule has 0 bridgehead atoms. The molecule has 0 saturated carbocycles. The molecule has 0 radical (unpaired) electrons. The molecule has 2 aromatic carbocycles. The summed E-state index contributed by atoms with van der Waals surface area (Å²) in [5.41, 5.74) is 2.28. The van der Waals surface area contributed by atoms with E-state index in [0.29, 0.717) is 6.54 Å². The number of aryl methyl sites for hydroxylation is 2. The summed E-state index contributed by atoms with van der Waals surface area (Å²) in [6, 6.07) is 15.9. The van der Waals surface area contributed by atoms with Crippen molar-refractivity contribution >= 4 is 7.68 Å². The number of benzene rings is 2. The molecule has 0 amide bonds. The summed E-state index contributed by atoms with van der Waals surface area (Å²) in [5, 5.41) is 0. The van der Waals surface area contributed by atoms with Crippen molar-refractivity contribution in [1.29, 1.82) is 0 Å². The van der Waals surface area contributed by atoms with Crippen molar-refractivity contribution in [2.45, 2.75) is 39.2 Å². The molecule has 0 aromatic heterocycles. The summed E-state index contributed by atoms with van der Waals surface area (Å²) in [4.78, 5) is 1.96. The molecule has 0 aliphatic heterocycles. The molecular weight excluding hydrogens is 456 g/mol. The van der Waals surface area contributed by atoms with Gasteiger partial charge >= 0.3 is 7.68 Å². The van der Waals surface area contributed by atoms with E-state index >= 15 is 0 Å². The number of hydrogen-bond acceptors (Lipinski definition) is 6. The standard InChI is InChI=1S/C26H39FNO5P/c1-6-21(2)19-34(27,29)33-20-32-25(17-28(3)4)18-31-26-13-8-7-11-23(26)15-14-22-10-9-12-24(16-22)30-5/h7-13,16,21,25H,6,14-15,17-20H2,1-5H3/t21?,25-,34-/m0/s1. The smallest absolute Gasteiger partial charge is 0.369 e. The van der Waals surface area contributed by atoms with Crippen molar-refractivity contribution in [3.63, 3.8) is 0 Å². The van der Waals surface area contributed by atoms with Crippen LogP contribution in [0.15, 0.2) is 48.5 Å². The van der Waals surface area contributed by atoms with Gasteiger partial charge in [-0.25, -0.2) is 0 Å². The van der Waals surface area contributed by atoms with Crippen molar-refractivity contribution in [2.75, 3.05) is 47.3 Å². The van der Waals surface area contributed by atoms with Crippen molar-refractivity contribution in [1.82, 2.24) is 4.90 Å². The Morgan fingerprint density at radius 2 is 1.85 bits per heavy atom. The van der Waals surface area contributed by atoms with Gasteiger partial charge in [0.2, 0.25) is 0 Å². The first-order chi connectivity index (χ1) is 16.2. The highest BCUT2D eigenvalue weighted by atomic mass is 31.2. The fourth-order valence-corrected chi connectivity index (χ4v) is 4.79. The highest BCUT2D eigenvalue weighted by Gasteiger charge is 2.25. The molecular formula is C26H39FNO5P. The molecule has 0 aliphatic carbocycles. The Hall–Kier alpha value is -1.92. The average molecular weight is 496 g/mol. The summed E-state index contributed by atoms with van der Waals surface area (Å²) in [6.07, 6.45) is 1.94. The first kappa shape index (κ1) is 28.3. The maximum absolute atomic E-state index is 14.2. The molecule has 0 spiro atoms. The molecule has 6 nitrogen and oxygen atoms in total. The van der Waals surface area contributed by atoms with Crippen LogP contribution in [-0.2, 0) is 26.7 Å². The van der Waals surface area contributed by atoms with Gasteiger partial charge < -0.3 is 19.1 Å². The SMILES string of the molecule is CCC(C)C[P@@](=O)(F)OCO[C@H](COc1ccccc1CCc1cccc(OC)c1)CN(C)C. The molecule has 34 heavy (non-hydrogen) atoms. The van der Waals surface area contributed by atoms with Gasteiger partial charge in [-0.3, -0.25) is 9.09 Å². The Kier molecular flexibility index (Phi) is 12.1. The molecule has 1 unspecified atom stereocenters. The fourth-order valence-electron chi connectivity index (χ4n) is 3.46. The molecule has 0 heterocycles. The third-order valence-corrected chi connectivity index (χ3v) is 7.11. The van der Waals surface area contributed by atoms with Crippen LogP contribution in [0.5, 0.6) is 11.5 Å².